The fourth-order valence-corrected chi connectivity index (χ4v) is 1.73. The van der Waals surface area contributed by atoms with E-state index in [0.717, 1.165) is 23.3 Å². The number of aromatic nitrogens is 1. The molecule has 0 aliphatic carbocycles. The molecule has 90 valence electrons. The summed E-state index contributed by atoms with van der Waals surface area (Å²) in [6.45, 7) is 4.11. The second-order valence-electron chi connectivity index (χ2n) is 4.36. The number of pyridine rings is 1. The van der Waals surface area contributed by atoms with Crippen molar-refractivity contribution in [1.29, 1.82) is 0 Å². The molecule has 0 atom stereocenters. The molecule has 0 saturated heterocycles. The van der Waals surface area contributed by atoms with Gasteiger partial charge in [-0.2, -0.15) is 0 Å². The summed E-state index contributed by atoms with van der Waals surface area (Å²) in [6.07, 6.45) is -2.20. The maximum atomic E-state index is 12.5. The zero-order valence-electron chi connectivity index (χ0n) is 9.62. The van der Waals surface area contributed by atoms with E-state index in [1.165, 1.54) is 6.07 Å². The molecule has 0 aliphatic heterocycles. The van der Waals surface area contributed by atoms with E-state index in [-0.39, 0.29) is 4.57 Å². The standard InChI is InChI=1S/C13H13F3N/c1-9(2)10-3-4-12-8-17(13(14,15)16)6-5-11(12)7-10/h3-9H,1-2H3/q+1. The van der Waals surface area contributed by atoms with Crippen LogP contribution in [-0.2, 0) is 6.30 Å². The Morgan fingerprint density at radius 1 is 1.06 bits per heavy atom. The molecule has 0 radical (unpaired) electrons. The Balaban J connectivity index is 2.54. The van der Waals surface area contributed by atoms with Gasteiger partial charge in [0.2, 0.25) is 0 Å². The van der Waals surface area contributed by atoms with Gasteiger partial charge in [-0.25, -0.2) is 0 Å². The van der Waals surface area contributed by atoms with Crippen molar-refractivity contribution in [2.75, 3.05) is 0 Å². The molecular formula is C13H13F3N+. The molecule has 0 amide bonds. The zero-order valence-corrected chi connectivity index (χ0v) is 9.62. The van der Waals surface area contributed by atoms with Crippen LogP contribution in [0.2, 0.25) is 0 Å². The van der Waals surface area contributed by atoms with Crippen molar-refractivity contribution < 1.29 is 17.7 Å². The van der Waals surface area contributed by atoms with Crippen LogP contribution in [0.1, 0.15) is 25.3 Å². The van der Waals surface area contributed by atoms with Gasteiger partial charge >= 0.3 is 6.30 Å². The molecule has 1 aromatic heterocycles. The average Bonchev–Trinajstić information content (AvgIpc) is 2.26. The van der Waals surface area contributed by atoms with Gasteiger partial charge in [-0.05, 0) is 22.9 Å². The average molecular weight is 240 g/mol. The van der Waals surface area contributed by atoms with Gasteiger partial charge in [0.25, 0.3) is 0 Å². The summed E-state index contributed by atoms with van der Waals surface area (Å²) in [4.78, 5) is 0. The molecule has 4 heteroatoms. The molecule has 1 heterocycles. The number of hydrogen-bond acceptors (Lipinski definition) is 0. The normalized spacial score (nSPS) is 12.4. The predicted molar refractivity (Wildman–Crippen MR) is 59.5 cm³/mol. The van der Waals surface area contributed by atoms with Gasteiger partial charge in [0.05, 0.1) is 0 Å². The van der Waals surface area contributed by atoms with Crippen molar-refractivity contribution in [2.24, 2.45) is 0 Å². The van der Waals surface area contributed by atoms with E-state index in [2.05, 4.69) is 13.8 Å². The van der Waals surface area contributed by atoms with Crippen molar-refractivity contribution in [2.45, 2.75) is 26.1 Å². The lowest BCUT2D eigenvalue weighted by Gasteiger charge is -2.06. The van der Waals surface area contributed by atoms with E-state index in [0.29, 0.717) is 11.3 Å². The Hall–Kier alpha value is -1.58. The molecule has 0 unspecified atom stereocenters. The van der Waals surface area contributed by atoms with E-state index in [1.807, 2.05) is 12.1 Å². The Morgan fingerprint density at radius 2 is 1.76 bits per heavy atom. The van der Waals surface area contributed by atoms with E-state index in [4.69, 9.17) is 0 Å². The first-order chi connectivity index (χ1) is 7.88. The van der Waals surface area contributed by atoms with Crippen molar-refractivity contribution in [3.05, 3.63) is 42.2 Å². The number of benzene rings is 1. The summed E-state index contributed by atoms with van der Waals surface area (Å²) in [7, 11) is 0. The molecule has 2 aromatic rings. The number of alkyl halides is 3. The lowest BCUT2D eigenvalue weighted by Crippen LogP contribution is -2.46. The zero-order chi connectivity index (χ0) is 12.6. The van der Waals surface area contributed by atoms with Crippen LogP contribution in [0.4, 0.5) is 13.2 Å². The van der Waals surface area contributed by atoms with Crippen LogP contribution in [0.5, 0.6) is 0 Å². The monoisotopic (exact) mass is 240 g/mol. The lowest BCUT2D eigenvalue weighted by molar-refractivity contribution is -0.854. The summed E-state index contributed by atoms with van der Waals surface area (Å²) in [6, 6.07) is 7.02. The first-order valence-electron chi connectivity index (χ1n) is 5.40. The molecule has 1 aromatic carbocycles. The Labute approximate surface area is 97.5 Å². The maximum Gasteiger partial charge on any atom is 0.637 e. The number of hydrogen-bond donors (Lipinski definition) is 0. The van der Waals surface area contributed by atoms with E-state index in [9.17, 15) is 13.2 Å². The molecule has 1 nitrogen and oxygen atoms in total. The summed E-state index contributed by atoms with van der Waals surface area (Å²) < 4.78 is 37.7. The summed E-state index contributed by atoms with van der Waals surface area (Å²) in [5, 5.41) is 1.42. The van der Waals surface area contributed by atoms with Gasteiger partial charge in [-0.3, -0.25) is 0 Å². The fourth-order valence-electron chi connectivity index (χ4n) is 1.73. The predicted octanol–water partition coefficient (Wildman–Crippen LogP) is 3.73. The number of halogens is 3. The summed E-state index contributed by atoms with van der Waals surface area (Å²) in [5.74, 6) is 0.370. The van der Waals surface area contributed by atoms with Crippen molar-refractivity contribution >= 4 is 10.8 Å². The maximum absolute atomic E-state index is 12.5. The molecule has 17 heavy (non-hydrogen) atoms. The second-order valence-corrected chi connectivity index (χ2v) is 4.36. The first kappa shape index (κ1) is 11.9. The molecule has 0 spiro atoms. The lowest BCUT2D eigenvalue weighted by atomic mass is 10.0. The van der Waals surface area contributed by atoms with Gasteiger partial charge in [0, 0.05) is 11.5 Å². The minimum absolute atomic E-state index is 0.268. The quantitative estimate of drug-likeness (QED) is 0.669. The second kappa shape index (κ2) is 4.02. The first-order valence-corrected chi connectivity index (χ1v) is 5.40. The highest BCUT2D eigenvalue weighted by atomic mass is 19.4. The third kappa shape index (κ3) is 2.40. The van der Waals surface area contributed by atoms with Crippen molar-refractivity contribution in [3.8, 4) is 0 Å². The van der Waals surface area contributed by atoms with Crippen LogP contribution >= 0.6 is 0 Å². The van der Waals surface area contributed by atoms with Crippen LogP contribution in [-0.4, -0.2) is 0 Å². The molecule has 0 N–H and O–H groups in total. The molecule has 0 fully saturated rings. The van der Waals surface area contributed by atoms with Crippen molar-refractivity contribution in [3.63, 3.8) is 0 Å². The molecule has 2 rings (SSSR count). The molecule has 0 saturated carbocycles. The van der Waals surface area contributed by atoms with Crippen LogP contribution in [0.3, 0.4) is 0 Å². The van der Waals surface area contributed by atoms with Crippen LogP contribution in [0, 0.1) is 0 Å². The van der Waals surface area contributed by atoms with Gasteiger partial charge in [0.15, 0.2) is 12.4 Å². The third-order valence-corrected chi connectivity index (χ3v) is 2.76. The van der Waals surface area contributed by atoms with E-state index >= 15 is 0 Å². The number of nitrogens with zero attached hydrogens (tertiary/aromatic N) is 1. The highest BCUT2D eigenvalue weighted by Crippen LogP contribution is 2.21. The van der Waals surface area contributed by atoms with Crippen LogP contribution in [0.25, 0.3) is 10.8 Å². The molecule has 0 bridgehead atoms. The summed E-state index contributed by atoms with van der Waals surface area (Å²) >= 11 is 0. The minimum atomic E-state index is -4.36. The smallest absolute Gasteiger partial charge is 0.108 e. The summed E-state index contributed by atoms with van der Waals surface area (Å²) in [5.41, 5.74) is 1.13. The minimum Gasteiger partial charge on any atom is -0.108 e. The van der Waals surface area contributed by atoms with Crippen LogP contribution in [0.15, 0.2) is 36.7 Å². The highest BCUT2D eigenvalue weighted by molar-refractivity contribution is 5.81. The topological polar surface area (TPSA) is 3.88 Å². The number of fused-ring (bicyclic) bond motifs is 1. The van der Waals surface area contributed by atoms with Gasteiger partial charge in [-0.1, -0.05) is 26.0 Å². The molecule has 0 aliphatic rings. The fraction of sp³-hybridized carbons (Fsp3) is 0.308. The van der Waals surface area contributed by atoms with Gasteiger partial charge in [0.1, 0.15) is 0 Å². The van der Waals surface area contributed by atoms with Crippen molar-refractivity contribution in [1.82, 2.24) is 0 Å². The van der Waals surface area contributed by atoms with E-state index < -0.39 is 6.30 Å². The van der Waals surface area contributed by atoms with Crippen LogP contribution < -0.4 is 4.57 Å². The Bertz CT molecular complexity index is 544. The number of rotatable bonds is 1. The largest absolute Gasteiger partial charge is 0.637 e. The highest BCUT2D eigenvalue weighted by Gasteiger charge is 2.41. The van der Waals surface area contributed by atoms with Gasteiger partial charge in [-0.15, -0.1) is 17.7 Å². The SMILES string of the molecule is CC(C)c1ccc2c[n+](C(F)(F)F)ccc2c1. The Kier molecular flexibility index (Phi) is 2.81. The third-order valence-electron chi connectivity index (χ3n) is 2.76. The molecular weight excluding hydrogens is 227 g/mol. The van der Waals surface area contributed by atoms with E-state index in [1.54, 1.807) is 6.07 Å². The Morgan fingerprint density at radius 3 is 2.35 bits per heavy atom. The van der Waals surface area contributed by atoms with Gasteiger partial charge < -0.3 is 0 Å².